The summed E-state index contributed by atoms with van der Waals surface area (Å²) in [5, 5.41) is 19.0. The van der Waals surface area contributed by atoms with Crippen LogP contribution in [0.4, 0.5) is 0 Å². The maximum atomic E-state index is 13.2. The van der Waals surface area contributed by atoms with E-state index in [4.69, 9.17) is 0 Å². The van der Waals surface area contributed by atoms with Crippen LogP contribution in [0.5, 0.6) is 5.75 Å². The number of aromatic nitrogens is 1. The Kier molecular flexibility index (Phi) is 10.4. The monoisotopic (exact) mass is 530 g/mol. The highest BCUT2D eigenvalue weighted by molar-refractivity contribution is 7.16. The number of amides is 1. The van der Waals surface area contributed by atoms with Gasteiger partial charge in [0, 0.05) is 37.0 Å². The van der Waals surface area contributed by atoms with E-state index in [1.165, 1.54) is 30.6 Å². The maximum absolute atomic E-state index is 13.2. The number of fused-ring (bicyclic) bond motifs is 1. The molecular formula is C27H38N4O3S2. The second kappa shape index (κ2) is 13.9. The lowest BCUT2D eigenvalue weighted by Crippen LogP contribution is -2.45. The number of benzene rings is 1. The Hall–Kier alpha value is -2.20. The van der Waals surface area contributed by atoms with Gasteiger partial charge in [-0.1, -0.05) is 49.2 Å². The van der Waals surface area contributed by atoms with Gasteiger partial charge in [0.2, 0.25) is 5.91 Å². The number of H-pyrrole nitrogens is 1. The summed E-state index contributed by atoms with van der Waals surface area (Å²) >= 11 is 2.92. The molecular weight excluding hydrogens is 492 g/mol. The van der Waals surface area contributed by atoms with Crippen LogP contribution in [0.2, 0.25) is 0 Å². The number of aromatic hydroxyl groups is 1. The van der Waals surface area contributed by atoms with E-state index in [-0.39, 0.29) is 16.5 Å². The highest BCUT2D eigenvalue weighted by Crippen LogP contribution is 2.28. The van der Waals surface area contributed by atoms with Gasteiger partial charge in [0.25, 0.3) is 0 Å². The highest BCUT2D eigenvalue weighted by atomic mass is 32.1. The smallest absolute Gasteiger partial charge is 0.305 e. The van der Waals surface area contributed by atoms with Crippen molar-refractivity contribution in [3.63, 3.8) is 0 Å². The minimum absolute atomic E-state index is 0.110. The number of phenolic OH excluding ortho intramolecular Hbond substituents is 1. The lowest BCUT2D eigenvalue weighted by atomic mass is 10.1. The molecule has 0 bridgehead atoms. The van der Waals surface area contributed by atoms with Crippen molar-refractivity contribution in [2.45, 2.75) is 63.8 Å². The predicted octanol–water partition coefficient (Wildman–Crippen LogP) is 4.26. The van der Waals surface area contributed by atoms with Crippen LogP contribution in [0, 0.1) is 0 Å². The summed E-state index contributed by atoms with van der Waals surface area (Å²) in [6, 6.07) is 8.11. The molecule has 2 aromatic heterocycles. The van der Waals surface area contributed by atoms with Crippen molar-refractivity contribution in [1.29, 1.82) is 0 Å². The van der Waals surface area contributed by atoms with Gasteiger partial charge in [-0.3, -0.25) is 9.59 Å². The van der Waals surface area contributed by atoms with E-state index in [0.29, 0.717) is 18.0 Å². The van der Waals surface area contributed by atoms with Crippen molar-refractivity contribution in [2.24, 2.45) is 0 Å². The van der Waals surface area contributed by atoms with Crippen molar-refractivity contribution in [3.05, 3.63) is 49.8 Å². The normalized spacial score (nSPS) is 14.8. The molecule has 1 aliphatic carbocycles. The van der Waals surface area contributed by atoms with Gasteiger partial charge in [-0.15, -0.1) is 11.3 Å². The molecule has 0 radical (unpaired) electrons. The zero-order chi connectivity index (χ0) is 25.2. The highest BCUT2D eigenvalue weighted by Gasteiger charge is 2.24. The number of nitrogens with one attached hydrogen (secondary N) is 3. The summed E-state index contributed by atoms with van der Waals surface area (Å²) in [5.41, 5.74) is 1.57. The van der Waals surface area contributed by atoms with E-state index in [0.717, 1.165) is 80.0 Å². The van der Waals surface area contributed by atoms with Crippen molar-refractivity contribution in [1.82, 2.24) is 20.5 Å². The van der Waals surface area contributed by atoms with Crippen LogP contribution in [-0.2, 0) is 17.6 Å². The Morgan fingerprint density at radius 2 is 1.81 bits per heavy atom. The van der Waals surface area contributed by atoms with Crippen molar-refractivity contribution in [2.75, 3.05) is 32.7 Å². The molecule has 36 heavy (non-hydrogen) atoms. The summed E-state index contributed by atoms with van der Waals surface area (Å²) in [6.07, 6.45) is 9.48. The number of hydrogen-bond donors (Lipinski definition) is 4. The third-order valence-corrected chi connectivity index (χ3v) is 8.86. The van der Waals surface area contributed by atoms with Crippen LogP contribution in [0.3, 0.4) is 0 Å². The standard InChI is InChI=1S/C27H38N4O3S2/c32-23-10-9-20(26-25(23)30-27(34)36-26)11-14-29-17-18-31(21-6-3-1-2-4-7-21)24(33)13-16-28-15-12-22-8-5-19-35-22/h5,8-10,19,21,28-29,32H,1-4,6-7,11-18H2,(H,30,34). The number of rotatable bonds is 13. The topological polar surface area (TPSA) is 97.5 Å². The average molecular weight is 531 g/mol. The van der Waals surface area contributed by atoms with Gasteiger partial charge in [-0.05, 0) is 61.8 Å². The predicted molar refractivity (Wildman–Crippen MR) is 149 cm³/mol. The summed E-state index contributed by atoms with van der Waals surface area (Å²) in [5.74, 6) is 0.364. The molecule has 0 spiro atoms. The first kappa shape index (κ1) is 26.9. The molecule has 0 saturated heterocycles. The van der Waals surface area contributed by atoms with E-state index in [1.54, 1.807) is 17.4 Å². The fourth-order valence-electron chi connectivity index (χ4n) is 5.03. The van der Waals surface area contributed by atoms with Gasteiger partial charge >= 0.3 is 4.87 Å². The lowest BCUT2D eigenvalue weighted by molar-refractivity contribution is -0.133. The summed E-state index contributed by atoms with van der Waals surface area (Å²) in [6.45, 7) is 3.85. The van der Waals surface area contributed by atoms with Crippen LogP contribution in [0.1, 0.15) is 55.4 Å². The number of hydrogen-bond acceptors (Lipinski definition) is 7. The Bertz CT molecular complexity index is 1130. The Balaban J connectivity index is 1.24. The van der Waals surface area contributed by atoms with Crippen LogP contribution < -0.4 is 15.5 Å². The number of carbonyl (C=O) groups excluding carboxylic acids is 1. The number of thiophene rings is 1. The number of aromatic amines is 1. The summed E-state index contributed by atoms with van der Waals surface area (Å²) in [4.78, 5) is 31.0. The fraction of sp³-hybridized carbons (Fsp3) is 0.556. The van der Waals surface area contributed by atoms with Gasteiger partial charge in [0.05, 0.1) is 4.70 Å². The van der Waals surface area contributed by atoms with Crippen LogP contribution in [-0.4, -0.2) is 59.7 Å². The van der Waals surface area contributed by atoms with Gasteiger partial charge < -0.3 is 25.6 Å². The van der Waals surface area contributed by atoms with Gasteiger partial charge in [-0.25, -0.2) is 0 Å². The maximum Gasteiger partial charge on any atom is 0.305 e. The van der Waals surface area contributed by atoms with Crippen LogP contribution in [0.25, 0.3) is 10.2 Å². The zero-order valence-corrected chi connectivity index (χ0v) is 22.5. The van der Waals surface area contributed by atoms with Crippen molar-refractivity contribution in [3.8, 4) is 5.75 Å². The first-order valence-electron chi connectivity index (χ1n) is 13.2. The Labute approximate surface area is 220 Å². The quantitative estimate of drug-likeness (QED) is 0.196. The average Bonchev–Trinajstić information content (AvgIpc) is 3.45. The first-order chi connectivity index (χ1) is 17.6. The Morgan fingerprint density at radius 1 is 1.03 bits per heavy atom. The number of thiazole rings is 1. The van der Waals surface area contributed by atoms with E-state index < -0.39 is 0 Å². The molecule has 0 unspecified atom stereocenters. The van der Waals surface area contributed by atoms with Gasteiger partial charge in [-0.2, -0.15) is 0 Å². The Morgan fingerprint density at radius 3 is 2.58 bits per heavy atom. The van der Waals surface area contributed by atoms with Crippen molar-refractivity contribution < 1.29 is 9.90 Å². The molecule has 9 heteroatoms. The molecule has 3 aromatic rings. The fourth-order valence-corrected chi connectivity index (χ4v) is 6.63. The van der Waals surface area contributed by atoms with E-state index in [1.807, 2.05) is 6.07 Å². The largest absolute Gasteiger partial charge is 0.506 e. The molecule has 1 amide bonds. The molecule has 0 aliphatic heterocycles. The molecule has 4 rings (SSSR count). The van der Waals surface area contributed by atoms with Crippen LogP contribution in [0.15, 0.2) is 34.4 Å². The molecule has 1 aliphatic rings. The molecule has 2 heterocycles. The molecule has 196 valence electrons. The minimum Gasteiger partial charge on any atom is -0.506 e. The molecule has 4 N–H and O–H groups in total. The molecule has 0 atom stereocenters. The van der Waals surface area contributed by atoms with E-state index in [9.17, 15) is 14.7 Å². The number of phenols is 1. The number of carbonyl (C=O) groups is 1. The third kappa shape index (κ3) is 7.65. The van der Waals surface area contributed by atoms with Gasteiger partial charge in [0.1, 0.15) is 11.3 Å². The van der Waals surface area contributed by atoms with Gasteiger partial charge in [0.15, 0.2) is 0 Å². The first-order valence-corrected chi connectivity index (χ1v) is 14.9. The zero-order valence-electron chi connectivity index (χ0n) is 20.9. The molecule has 7 nitrogen and oxygen atoms in total. The second-order valence-electron chi connectivity index (χ2n) is 9.52. The number of nitrogens with zero attached hydrogens (tertiary/aromatic N) is 1. The lowest BCUT2D eigenvalue weighted by Gasteiger charge is -2.32. The SMILES string of the molecule is O=C(CCNCCc1cccs1)N(CCNCCc1ccc(O)c2[nH]c(=O)sc12)C1CCCCCC1. The second-order valence-corrected chi connectivity index (χ2v) is 11.5. The molecule has 1 saturated carbocycles. The van der Waals surface area contributed by atoms with Crippen LogP contribution >= 0.6 is 22.7 Å². The molecule has 1 fully saturated rings. The van der Waals surface area contributed by atoms with E-state index >= 15 is 0 Å². The third-order valence-electron chi connectivity index (χ3n) is 6.97. The van der Waals surface area contributed by atoms with E-state index in [2.05, 4.69) is 38.0 Å². The minimum atomic E-state index is -0.153. The molecule has 1 aromatic carbocycles. The summed E-state index contributed by atoms with van der Waals surface area (Å²) in [7, 11) is 0. The summed E-state index contributed by atoms with van der Waals surface area (Å²) < 4.78 is 0.823. The van der Waals surface area contributed by atoms with Crippen molar-refractivity contribution >= 4 is 38.8 Å².